The number of benzene rings is 3. The first kappa shape index (κ1) is 21.3. The van der Waals surface area contributed by atoms with Crippen LogP contribution in [0.5, 0.6) is 5.75 Å². The van der Waals surface area contributed by atoms with Crippen molar-refractivity contribution in [3.63, 3.8) is 0 Å². The number of carboxylic acids is 1. The lowest BCUT2D eigenvalue weighted by Gasteiger charge is -2.35. The standard InChI is InChI=1S/C26H21BrN2O4/c1-15-2-9-19(10-3-15)33-26(32)29-13-12-20-21-14-18(27)8-11-22(21)28-23(20)24(29)16-4-6-17(7-5-16)25(30)31/h2-11,14,24,28H,12-13H2,1H3,(H,30,31). The number of aromatic nitrogens is 1. The minimum Gasteiger partial charge on any atom is -0.478 e. The van der Waals surface area contributed by atoms with Crippen molar-refractivity contribution in [3.8, 4) is 5.75 Å². The number of rotatable bonds is 3. The van der Waals surface area contributed by atoms with Gasteiger partial charge in [0.25, 0.3) is 0 Å². The highest BCUT2D eigenvalue weighted by Crippen LogP contribution is 2.39. The minimum absolute atomic E-state index is 0.198. The summed E-state index contributed by atoms with van der Waals surface area (Å²) >= 11 is 3.55. The van der Waals surface area contributed by atoms with E-state index in [1.165, 1.54) is 0 Å². The van der Waals surface area contributed by atoms with E-state index in [0.29, 0.717) is 18.7 Å². The summed E-state index contributed by atoms with van der Waals surface area (Å²) in [5.41, 5.74) is 5.15. The van der Waals surface area contributed by atoms with E-state index in [9.17, 15) is 14.7 Å². The lowest BCUT2D eigenvalue weighted by atomic mass is 9.92. The van der Waals surface area contributed by atoms with Crippen molar-refractivity contribution in [2.24, 2.45) is 0 Å². The van der Waals surface area contributed by atoms with Gasteiger partial charge in [0.1, 0.15) is 11.8 Å². The molecule has 0 saturated heterocycles. The summed E-state index contributed by atoms with van der Waals surface area (Å²) in [4.78, 5) is 29.8. The Morgan fingerprint density at radius 1 is 1.06 bits per heavy atom. The monoisotopic (exact) mass is 504 g/mol. The number of H-pyrrole nitrogens is 1. The number of carbonyl (C=O) groups excluding carboxylic acids is 1. The smallest absolute Gasteiger partial charge is 0.416 e. The molecule has 0 bridgehead atoms. The third-order valence-corrected chi connectivity index (χ3v) is 6.52. The number of carboxylic acid groups (broad SMARTS) is 1. The molecule has 2 N–H and O–H groups in total. The zero-order chi connectivity index (χ0) is 23.1. The molecule has 7 heteroatoms. The maximum atomic E-state index is 13.3. The Hall–Kier alpha value is -3.58. The van der Waals surface area contributed by atoms with Gasteiger partial charge in [-0.15, -0.1) is 0 Å². The SMILES string of the molecule is Cc1ccc(OC(=O)N2CCc3c([nH]c4ccc(Br)cc34)C2c2ccc(C(=O)O)cc2)cc1. The van der Waals surface area contributed by atoms with Gasteiger partial charge in [0.2, 0.25) is 0 Å². The first-order chi connectivity index (χ1) is 15.9. The summed E-state index contributed by atoms with van der Waals surface area (Å²) in [6, 6.07) is 19.6. The molecule has 0 aliphatic carbocycles. The van der Waals surface area contributed by atoms with Crippen LogP contribution < -0.4 is 4.74 Å². The van der Waals surface area contributed by atoms with Gasteiger partial charge in [-0.05, 0) is 66.9 Å². The Morgan fingerprint density at radius 2 is 1.79 bits per heavy atom. The molecule has 0 fully saturated rings. The number of aromatic amines is 1. The zero-order valence-corrected chi connectivity index (χ0v) is 19.4. The van der Waals surface area contributed by atoms with Crippen LogP contribution in [0.4, 0.5) is 4.79 Å². The Kier molecular flexibility index (Phi) is 5.42. The van der Waals surface area contributed by atoms with E-state index in [2.05, 4.69) is 27.0 Å². The van der Waals surface area contributed by atoms with Crippen molar-refractivity contribution < 1.29 is 19.4 Å². The average molecular weight is 505 g/mol. The summed E-state index contributed by atoms with van der Waals surface area (Å²) in [7, 11) is 0. The molecule has 1 unspecified atom stereocenters. The molecule has 166 valence electrons. The highest BCUT2D eigenvalue weighted by Gasteiger charge is 2.35. The predicted octanol–water partition coefficient (Wildman–Crippen LogP) is 6.08. The van der Waals surface area contributed by atoms with Gasteiger partial charge in [0, 0.05) is 27.6 Å². The molecule has 6 nitrogen and oxygen atoms in total. The molecule has 33 heavy (non-hydrogen) atoms. The number of amides is 1. The highest BCUT2D eigenvalue weighted by molar-refractivity contribution is 9.10. The fourth-order valence-electron chi connectivity index (χ4n) is 4.38. The number of hydrogen-bond acceptors (Lipinski definition) is 3. The Morgan fingerprint density at radius 3 is 2.48 bits per heavy atom. The lowest BCUT2D eigenvalue weighted by Crippen LogP contribution is -2.42. The minimum atomic E-state index is -0.989. The van der Waals surface area contributed by atoms with E-state index in [0.717, 1.165) is 37.8 Å². The number of fused-ring (bicyclic) bond motifs is 3. The fraction of sp³-hybridized carbons (Fsp3) is 0.154. The third kappa shape index (κ3) is 4.00. The number of nitrogens with one attached hydrogen (secondary N) is 1. The number of aryl methyl sites for hydroxylation is 1. The van der Waals surface area contributed by atoms with Crippen LogP contribution >= 0.6 is 15.9 Å². The van der Waals surface area contributed by atoms with E-state index in [4.69, 9.17) is 4.74 Å². The Balaban J connectivity index is 1.58. The summed E-state index contributed by atoms with van der Waals surface area (Å²) in [6.07, 6.45) is 0.232. The normalized spacial score (nSPS) is 15.3. The van der Waals surface area contributed by atoms with E-state index in [1.54, 1.807) is 41.3 Å². The molecule has 1 aliphatic rings. The number of halogens is 1. The largest absolute Gasteiger partial charge is 0.478 e. The second kappa shape index (κ2) is 8.41. The van der Waals surface area contributed by atoms with Crippen LogP contribution in [0.25, 0.3) is 10.9 Å². The molecule has 2 heterocycles. The first-order valence-electron chi connectivity index (χ1n) is 10.6. The van der Waals surface area contributed by atoms with Gasteiger partial charge in [-0.1, -0.05) is 45.8 Å². The maximum Gasteiger partial charge on any atom is 0.416 e. The average Bonchev–Trinajstić information content (AvgIpc) is 3.17. The molecule has 5 rings (SSSR count). The van der Waals surface area contributed by atoms with Crippen molar-refractivity contribution in [1.82, 2.24) is 9.88 Å². The van der Waals surface area contributed by atoms with Crippen LogP contribution in [0, 0.1) is 6.92 Å². The molecule has 1 amide bonds. The summed E-state index contributed by atoms with van der Waals surface area (Å²) < 4.78 is 6.69. The van der Waals surface area contributed by atoms with Crippen molar-refractivity contribution in [3.05, 3.63) is 99.2 Å². The Labute approximate surface area is 198 Å². The van der Waals surface area contributed by atoms with Crippen molar-refractivity contribution in [2.75, 3.05) is 6.54 Å². The highest BCUT2D eigenvalue weighted by atomic mass is 79.9. The summed E-state index contributed by atoms with van der Waals surface area (Å²) in [6.45, 7) is 2.45. The third-order valence-electron chi connectivity index (χ3n) is 6.02. The molecule has 4 aromatic rings. The fourth-order valence-corrected chi connectivity index (χ4v) is 4.74. The first-order valence-corrected chi connectivity index (χ1v) is 11.4. The molecular formula is C26H21BrN2O4. The van der Waals surface area contributed by atoms with Gasteiger partial charge in [0.05, 0.1) is 5.56 Å². The van der Waals surface area contributed by atoms with Gasteiger partial charge in [-0.2, -0.15) is 0 Å². The molecule has 0 spiro atoms. The molecule has 1 aromatic heterocycles. The van der Waals surface area contributed by atoms with E-state index in [1.807, 2.05) is 31.2 Å². The molecule has 1 aliphatic heterocycles. The predicted molar refractivity (Wildman–Crippen MR) is 129 cm³/mol. The number of aromatic carboxylic acids is 1. The van der Waals surface area contributed by atoms with Gasteiger partial charge < -0.3 is 14.8 Å². The lowest BCUT2D eigenvalue weighted by molar-refractivity contribution is 0.0696. The second-order valence-corrected chi connectivity index (χ2v) is 9.08. The zero-order valence-electron chi connectivity index (χ0n) is 17.8. The van der Waals surface area contributed by atoms with Crippen LogP contribution in [0.3, 0.4) is 0 Å². The molecular weight excluding hydrogens is 484 g/mol. The van der Waals surface area contributed by atoms with Crippen LogP contribution in [0.2, 0.25) is 0 Å². The van der Waals surface area contributed by atoms with Crippen molar-refractivity contribution in [1.29, 1.82) is 0 Å². The van der Waals surface area contributed by atoms with Gasteiger partial charge >= 0.3 is 12.1 Å². The van der Waals surface area contributed by atoms with Crippen molar-refractivity contribution in [2.45, 2.75) is 19.4 Å². The molecule has 3 aromatic carbocycles. The van der Waals surface area contributed by atoms with Gasteiger partial charge in [-0.25, -0.2) is 9.59 Å². The molecule has 0 saturated carbocycles. The van der Waals surface area contributed by atoms with Gasteiger partial charge in [0.15, 0.2) is 0 Å². The van der Waals surface area contributed by atoms with Crippen molar-refractivity contribution >= 4 is 38.9 Å². The molecule has 1 atom stereocenters. The number of ether oxygens (including phenoxy) is 1. The summed E-state index contributed by atoms with van der Waals surface area (Å²) in [5.74, 6) is -0.506. The van der Waals surface area contributed by atoms with E-state index < -0.39 is 18.1 Å². The van der Waals surface area contributed by atoms with E-state index >= 15 is 0 Å². The maximum absolute atomic E-state index is 13.3. The van der Waals surface area contributed by atoms with Crippen LogP contribution in [-0.4, -0.2) is 33.6 Å². The number of nitrogens with zero attached hydrogens (tertiary/aromatic N) is 1. The van der Waals surface area contributed by atoms with Crippen LogP contribution in [0.1, 0.15) is 38.8 Å². The number of carbonyl (C=O) groups is 2. The topological polar surface area (TPSA) is 82.6 Å². The Bertz CT molecular complexity index is 1360. The van der Waals surface area contributed by atoms with Crippen LogP contribution in [-0.2, 0) is 6.42 Å². The van der Waals surface area contributed by atoms with E-state index in [-0.39, 0.29) is 5.56 Å². The summed E-state index contributed by atoms with van der Waals surface area (Å²) in [5, 5.41) is 10.4. The quantitative estimate of drug-likeness (QED) is 0.354. The molecule has 0 radical (unpaired) electrons. The van der Waals surface area contributed by atoms with Crippen LogP contribution in [0.15, 0.2) is 71.2 Å². The number of hydrogen-bond donors (Lipinski definition) is 2. The van der Waals surface area contributed by atoms with Gasteiger partial charge in [-0.3, -0.25) is 4.90 Å². The second-order valence-electron chi connectivity index (χ2n) is 8.16.